The van der Waals surface area contributed by atoms with Crippen LogP contribution in [0.5, 0.6) is 11.5 Å². The standard InChI is InChI=1S/C19H17N3O4S/c23-17(8-9-27-14-4-2-1-3-5-14)20-19-22-21-18(26-19)11-13-6-7-15-16(10-13)25-12-24-15/h1-7,10H,8-9,11-12H2,(H,20,22,23). The van der Waals surface area contributed by atoms with E-state index in [-0.39, 0.29) is 18.7 Å². The number of rotatable bonds is 7. The van der Waals surface area contributed by atoms with Gasteiger partial charge in [-0.1, -0.05) is 29.4 Å². The van der Waals surface area contributed by atoms with E-state index in [0.717, 1.165) is 16.2 Å². The van der Waals surface area contributed by atoms with E-state index in [9.17, 15) is 4.79 Å². The molecule has 0 saturated carbocycles. The summed E-state index contributed by atoms with van der Waals surface area (Å²) < 4.78 is 16.2. The van der Waals surface area contributed by atoms with Crippen molar-refractivity contribution in [3.8, 4) is 11.5 Å². The molecule has 0 spiro atoms. The van der Waals surface area contributed by atoms with Crippen molar-refractivity contribution in [3.63, 3.8) is 0 Å². The summed E-state index contributed by atoms with van der Waals surface area (Å²) in [4.78, 5) is 13.1. The number of thioether (sulfide) groups is 1. The molecule has 0 aliphatic carbocycles. The monoisotopic (exact) mass is 383 g/mol. The molecule has 1 aliphatic rings. The van der Waals surface area contributed by atoms with Gasteiger partial charge >= 0.3 is 6.01 Å². The topological polar surface area (TPSA) is 86.5 Å². The van der Waals surface area contributed by atoms with Crippen LogP contribution in [0.1, 0.15) is 17.9 Å². The number of nitrogens with zero attached hydrogens (tertiary/aromatic N) is 2. The molecule has 1 N–H and O–H groups in total. The summed E-state index contributed by atoms with van der Waals surface area (Å²) in [5.41, 5.74) is 0.958. The fourth-order valence-electron chi connectivity index (χ4n) is 2.56. The molecular formula is C19H17N3O4S. The van der Waals surface area contributed by atoms with Gasteiger partial charge in [0.2, 0.25) is 18.6 Å². The summed E-state index contributed by atoms with van der Waals surface area (Å²) in [7, 11) is 0. The predicted molar refractivity (Wildman–Crippen MR) is 100 cm³/mol. The lowest BCUT2D eigenvalue weighted by molar-refractivity contribution is -0.115. The van der Waals surface area contributed by atoms with E-state index in [4.69, 9.17) is 13.9 Å². The third kappa shape index (κ3) is 4.59. The Morgan fingerprint density at radius 3 is 2.81 bits per heavy atom. The second-order valence-electron chi connectivity index (χ2n) is 5.83. The van der Waals surface area contributed by atoms with E-state index < -0.39 is 0 Å². The maximum atomic E-state index is 12.0. The number of aromatic nitrogens is 2. The van der Waals surface area contributed by atoms with Gasteiger partial charge in [0.25, 0.3) is 0 Å². The number of hydrogen-bond donors (Lipinski definition) is 1. The Labute approximate surface area is 160 Å². The highest BCUT2D eigenvalue weighted by atomic mass is 32.2. The van der Waals surface area contributed by atoms with Crippen LogP contribution in [0.25, 0.3) is 0 Å². The molecule has 2 aromatic carbocycles. The summed E-state index contributed by atoms with van der Waals surface area (Å²) in [6, 6.07) is 15.7. The van der Waals surface area contributed by atoms with E-state index in [0.29, 0.717) is 30.2 Å². The molecule has 0 atom stereocenters. The highest BCUT2D eigenvalue weighted by Gasteiger charge is 2.15. The Morgan fingerprint density at radius 1 is 1.07 bits per heavy atom. The van der Waals surface area contributed by atoms with Crippen molar-refractivity contribution in [3.05, 3.63) is 60.0 Å². The van der Waals surface area contributed by atoms with Crippen LogP contribution in [0.3, 0.4) is 0 Å². The summed E-state index contributed by atoms with van der Waals surface area (Å²) in [5, 5.41) is 10.5. The van der Waals surface area contributed by atoms with Gasteiger partial charge in [-0.3, -0.25) is 10.1 Å². The van der Waals surface area contributed by atoms with Crippen LogP contribution in [-0.4, -0.2) is 28.7 Å². The van der Waals surface area contributed by atoms with Crippen molar-refractivity contribution in [1.82, 2.24) is 10.2 Å². The number of carbonyl (C=O) groups is 1. The molecule has 7 nitrogen and oxygen atoms in total. The van der Waals surface area contributed by atoms with Crippen molar-refractivity contribution in [2.45, 2.75) is 17.7 Å². The zero-order chi connectivity index (χ0) is 18.5. The number of carbonyl (C=O) groups excluding carboxylic acids is 1. The van der Waals surface area contributed by atoms with Crippen LogP contribution in [0, 0.1) is 0 Å². The maximum absolute atomic E-state index is 12.0. The first kappa shape index (κ1) is 17.4. The van der Waals surface area contributed by atoms with Crippen LogP contribution in [0.4, 0.5) is 6.01 Å². The molecule has 1 aliphatic heterocycles. The lowest BCUT2D eigenvalue weighted by atomic mass is 10.1. The van der Waals surface area contributed by atoms with Crippen molar-refractivity contribution >= 4 is 23.7 Å². The van der Waals surface area contributed by atoms with E-state index >= 15 is 0 Å². The molecule has 27 heavy (non-hydrogen) atoms. The smallest absolute Gasteiger partial charge is 0.322 e. The Bertz CT molecular complexity index is 930. The molecule has 3 aromatic rings. The molecule has 8 heteroatoms. The minimum atomic E-state index is -0.156. The highest BCUT2D eigenvalue weighted by molar-refractivity contribution is 7.99. The van der Waals surface area contributed by atoms with E-state index in [1.54, 1.807) is 11.8 Å². The quantitative estimate of drug-likeness (QED) is 0.625. The van der Waals surface area contributed by atoms with Crippen LogP contribution < -0.4 is 14.8 Å². The van der Waals surface area contributed by atoms with Gasteiger partial charge in [0.1, 0.15) is 0 Å². The number of amides is 1. The molecule has 1 amide bonds. The summed E-state index contributed by atoms with van der Waals surface area (Å²) >= 11 is 1.63. The number of anilines is 1. The molecule has 1 aromatic heterocycles. The number of benzene rings is 2. The first-order valence-corrected chi connectivity index (χ1v) is 9.43. The van der Waals surface area contributed by atoms with Crippen molar-refractivity contribution in [1.29, 1.82) is 0 Å². The Morgan fingerprint density at radius 2 is 1.93 bits per heavy atom. The fourth-order valence-corrected chi connectivity index (χ4v) is 3.43. The zero-order valence-electron chi connectivity index (χ0n) is 14.4. The molecule has 4 rings (SSSR count). The Balaban J connectivity index is 1.27. The number of ether oxygens (including phenoxy) is 2. The lowest BCUT2D eigenvalue weighted by Gasteiger charge is -2.01. The largest absolute Gasteiger partial charge is 0.454 e. The minimum absolute atomic E-state index is 0.112. The van der Waals surface area contributed by atoms with Crippen LogP contribution in [0.2, 0.25) is 0 Å². The molecule has 0 radical (unpaired) electrons. The Kier molecular flexibility index (Phi) is 5.24. The van der Waals surface area contributed by atoms with Crippen LogP contribution >= 0.6 is 11.8 Å². The number of hydrogen-bond acceptors (Lipinski definition) is 7. The van der Waals surface area contributed by atoms with Gasteiger partial charge in [-0.05, 0) is 29.8 Å². The van der Waals surface area contributed by atoms with Gasteiger partial charge in [-0.25, -0.2) is 0 Å². The van der Waals surface area contributed by atoms with Gasteiger partial charge in [0.15, 0.2) is 11.5 Å². The van der Waals surface area contributed by atoms with Gasteiger partial charge in [-0.2, -0.15) is 0 Å². The highest BCUT2D eigenvalue weighted by Crippen LogP contribution is 2.33. The van der Waals surface area contributed by atoms with E-state index in [2.05, 4.69) is 15.5 Å². The summed E-state index contributed by atoms with van der Waals surface area (Å²) in [6.07, 6.45) is 0.808. The van der Waals surface area contributed by atoms with Gasteiger partial charge in [-0.15, -0.1) is 16.9 Å². The van der Waals surface area contributed by atoms with Crippen molar-refractivity contribution in [2.75, 3.05) is 17.9 Å². The SMILES string of the molecule is O=C(CCSc1ccccc1)Nc1nnc(Cc2ccc3c(c2)OCO3)o1. The van der Waals surface area contributed by atoms with Crippen molar-refractivity contribution in [2.24, 2.45) is 0 Å². The van der Waals surface area contributed by atoms with Gasteiger partial charge in [0.05, 0.1) is 6.42 Å². The molecule has 0 bridgehead atoms. The molecule has 0 fully saturated rings. The van der Waals surface area contributed by atoms with Crippen LogP contribution in [-0.2, 0) is 11.2 Å². The van der Waals surface area contributed by atoms with Gasteiger partial charge < -0.3 is 13.9 Å². The lowest BCUT2D eigenvalue weighted by Crippen LogP contribution is -2.12. The molecule has 0 unspecified atom stereocenters. The molecule has 0 saturated heterocycles. The van der Waals surface area contributed by atoms with E-state index in [1.165, 1.54) is 0 Å². The predicted octanol–water partition coefficient (Wildman–Crippen LogP) is 3.51. The average molecular weight is 383 g/mol. The molecule has 138 valence electrons. The average Bonchev–Trinajstić information content (AvgIpc) is 3.31. The second-order valence-corrected chi connectivity index (χ2v) is 6.99. The van der Waals surface area contributed by atoms with Crippen LogP contribution in [0.15, 0.2) is 57.8 Å². The number of nitrogens with one attached hydrogen (secondary N) is 1. The minimum Gasteiger partial charge on any atom is -0.454 e. The normalized spacial score (nSPS) is 12.1. The fraction of sp³-hybridized carbons (Fsp3) is 0.211. The Hall–Kier alpha value is -3.00. The first-order valence-electron chi connectivity index (χ1n) is 8.45. The second kappa shape index (κ2) is 8.13. The summed E-state index contributed by atoms with van der Waals surface area (Å²) in [6.45, 7) is 0.234. The molecule has 2 heterocycles. The maximum Gasteiger partial charge on any atom is 0.322 e. The number of fused-ring (bicyclic) bond motifs is 1. The third-order valence-electron chi connectivity index (χ3n) is 3.85. The van der Waals surface area contributed by atoms with E-state index in [1.807, 2.05) is 48.5 Å². The van der Waals surface area contributed by atoms with Gasteiger partial charge in [0, 0.05) is 17.1 Å². The van der Waals surface area contributed by atoms with Crippen molar-refractivity contribution < 1.29 is 18.7 Å². The first-order chi connectivity index (χ1) is 13.3. The third-order valence-corrected chi connectivity index (χ3v) is 4.86. The zero-order valence-corrected chi connectivity index (χ0v) is 15.2. The summed E-state index contributed by atoms with van der Waals surface area (Å²) in [5.74, 6) is 2.37. The molecular weight excluding hydrogens is 366 g/mol.